The van der Waals surface area contributed by atoms with Crippen molar-refractivity contribution in [1.29, 1.82) is 0 Å². The number of nitrogens with one attached hydrogen (secondary N) is 1. The van der Waals surface area contributed by atoms with E-state index in [1.165, 1.54) is 0 Å². The van der Waals surface area contributed by atoms with Crippen LogP contribution in [0.3, 0.4) is 0 Å². The number of benzene rings is 1. The second-order valence-electron chi connectivity index (χ2n) is 4.91. The first-order valence-corrected chi connectivity index (χ1v) is 6.98. The van der Waals surface area contributed by atoms with Crippen LogP contribution in [0.4, 0.5) is 0 Å². The second kappa shape index (κ2) is 5.26. The highest BCUT2D eigenvalue weighted by Crippen LogP contribution is 2.18. The molecule has 0 spiro atoms. The summed E-state index contributed by atoms with van der Waals surface area (Å²) in [5.74, 6) is 0.841. The van der Waals surface area contributed by atoms with E-state index in [1.54, 1.807) is 15.6 Å². The molecule has 0 saturated carbocycles. The molecule has 0 aliphatic carbocycles. The van der Waals surface area contributed by atoms with Crippen molar-refractivity contribution in [3.05, 3.63) is 69.1 Å². The molecule has 0 fully saturated rings. The Balaban J connectivity index is 2.09. The fourth-order valence-electron chi connectivity index (χ4n) is 2.41. The van der Waals surface area contributed by atoms with Gasteiger partial charge in [0.05, 0.1) is 11.4 Å². The van der Waals surface area contributed by atoms with Gasteiger partial charge in [-0.25, -0.2) is 9.67 Å². The van der Waals surface area contributed by atoms with E-state index in [9.17, 15) is 4.79 Å². The molecule has 3 rings (SSSR count). The van der Waals surface area contributed by atoms with Gasteiger partial charge in [0.15, 0.2) is 0 Å². The first kappa shape index (κ1) is 13.7. The molecular weight excluding hydrogens is 288 g/mol. The summed E-state index contributed by atoms with van der Waals surface area (Å²) in [5, 5.41) is 0.244. The predicted molar refractivity (Wildman–Crippen MR) is 82.2 cm³/mol. The summed E-state index contributed by atoms with van der Waals surface area (Å²) in [4.78, 5) is 19.7. The lowest BCUT2D eigenvalue weighted by atomic mass is 10.2. The number of imidazole rings is 1. The quantitative estimate of drug-likeness (QED) is 0.808. The van der Waals surface area contributed by atoms with Crippen molar-refractivity contribution in [3.63, 3.8) is 0 Å². The fourth-order valence-corrected chi connectivity index (χ4v) is 2.68. The Labute approximate surface area is 126 Å². The Morgan fingerprint density at radius 3 is 2.62 bits per heavy atom. The van der Waals surface area contributed by atoms with Crippen molar-refractivity contribution in [1.82, 2.24) is 19.3 Å². The van der Waals surface area contributed by atoms with Crippen LogP contribution in [0.5, 0.6) is 0 Å². The molecule has 108 valence electrons. The minimum atomic E-state index is -0.211. The Hall–Kier alpha value is -2.27. The number of halogens is 1. The number of aromatic nitrogens is 4. The monoisotopic (exact) mass is 302 g/mol. The van der Waals surface area contributed by atoms with Crippen LogP contribution in [-0.2, 0) is 13.5 Å². The van der Waals surface area contributed by atoms with Gasteiger partial charge in [0.2, 0.25) is 0 Å². The zero-order valence-electron chi connectivity index (χ0n) is 11.8. The standard InChI is InChI=1S/C15H15ClN4O/c1-10-17-9-11(18-10)8-13-14(16)15(21)20(19(13)2)12-6-4-3-5-7-12/h3-7,9H,8H2,1-2H3,(H,17,18). The topological polar surface area (TPSA) is 55.6 Å². The third kappa shape index (κ3) is 2.40. The number of para-hydroxylation sites is 1. The summed E-state index contributed by atoms with van der Waals surface area (Å²) in [6.07, 6.45) is 2.29. The molecule has 0 saturated heterocycles. The normalized spacial score (nSPS) is 11.0. The maximum atomic E-state index is 12.4. The van der Waals surface area contributed by atoms with Crippen LogP contribution in [0.1, 0.15) is 17.2 Å². The first-order chi connectivity index (χ1) is 10.1. The lowest BCUT2D eigenvalue weighted by Gasteiger charge is -2.09. The van der Waals surface area contributed by atoms with E-state index in [0.717, 1.165) is 22.9 Å². The van der Waals surface area contributed by atoms with Gasteiger partial charge in [-0.15, -0.1) is 0 Å². The highest BCUT2D eigenvalue weighted by molar-refractivity contribution is 6.31. The summed E-state index contributed by atoms with van der Waals surface area (Å²) < 4.78 is 3.36. The van der Waals surface area contributed by atoms with Gasteiger partial charge in [0.25, 0.3) is 5.56 Å². The van der Waals surface area contributed by atoms with Crippen molar-refractivity contribution >= 4 is 11.6 Å². The molecule has 0 atom stereocenters. The first-order valence-electron chi connectivity index (χ1n) is 6.60. The van der Waals surface area contributed by atoms with Crippen molar-refractivity contribution in [2.75, 3.05) is 0 Å². The molecule has 0 unspecified atom stereocenters. The van der Waals surface area contributed by atoms with E-state index in [2.05, 4.69) is 9.97 Å². The molecule has 0 aliphatic heterocycles. The number of hydrogen-bond acceptors (Lipinski definition) is 2. The molecule has 3 aromatic rings. The van der Waals surface area contributed by atoms with Gasteiger partial charge in [-0.1, -0.05) is 29.8 Å². The average molecular weight is 303 g/mol. The summed E-state index contributed by atoms with van der Waals surface area (Å²) >= 11 is 6.24. The zero-order valence-corrected chi connectivity index (χ0v) is 12.6. The lowest BCUT2D eigenvalue weighted by Crippen LogP contribution is -2.19. The van der Waals surface area contributed by atoms with Crippen molar-refractivity contribution in [2.45, 2.75) is 13.3 Å². The Morgan fingerprint density at radius 1 is 1.29 bits per heavy atom. The van der Waals surface area contributed by atoms with Crippen LogP contribution in [0.2, 0.25) is 5.02 Å². The highest BCUT2D eigenvalue weighted by atomic mass is 35.5. The van der Waals surface area contributed by atoms with Crippen LogP contribution in [0, 0.1) is 6.92 Å². The van der Waals surface area contributed by atoms with Gasteiger partial charge in [-0.3, -0.25) is 9.48 Å². The van der Waals surface area contributed by atoms with Gasteiger partial charge < -0.3 is 4.98 Å². The molecule has 5 nitrogen and oxygen atoms in total. The van der Waals surface area contributed by atoms with Crippen molar-refractivity contribution in [3.8, 4) is 5.69 Å². The lowest BCUT2D eigenvalue weighted by molar-refractivity contribution is 0.620. The van der Waals surface area contributed by atoms with E-state index in [1.807, 2.05) is 44.3 Å². The number of hydrogen-bond donors (Lipinski definition) is 1. The fraction of sp³-hybridized carbons (Fsp3) is 0.200. The SMILES string of the molecule is Cc1ncc(Cc2c(Cl)c(=O)n(-c3ccccc3)n2C)[nH]1. The highest BCUT2D eigenvalue weighted by Gasteiger charge is 2.18. The van der Waals surface area contributed by atoms with E-state index in [4.69, 9.17) is 11.6 Å². The number of aryl methyl sites for hydroxylation is 1. The third-order valence-corrected chi connectivity index (χ3v) is 3.82. The molecule has 0 aliphatic rings. The molecule has 0 amide bonds. The van der Waals surface area contributed by atoms with Gasteiger partial charge >= 0.3 is 0 Å². The predicted octanol–water partition coefficient (Wildman–Crippen LogP) is 2.45. The minimum absolute atomic E-state index is 0.211. The molecule has 1 aromatic carbocycles. The number of nitrogens with zero attached hydrogens (tertiary/aromatic N) is 3. The number of rotatable bonds is 3. The Kier molecular flexibility index (Phi) is 3.43. The molecule has 6 heteroatoms. The summed E-state index contributed by atoms with van der Waals surface area (Å²) in [5.41, 5.74) is 2.26. The maximum Gasteiger partial charge on any atom is 0.290 e. The Morgan fingerprint density at radius 2 is 2.00 bits per heavy atom. The van der Waals surface area contributed by atoms with Gasteiger partial charge in [-0.05, 0) is 19.1 Å². The van der Waals surface area contributed by atoms with Gasteiger partial charge in [0.1, 0.15) is 10.8 Å². The largest absolute Gasteiger partial charge is 0.346 e. The van der Waals surface area contributed by atoms with Crippen LogP contribution >= 0.6 is 11.6 Å². The van der Waals surface area contributed by atoms with Gasteiger partial charge in [-0.2, -0.15) is 0 Å². The van der Waals surface area contributed by atoms with Gasteiger partial charge in [0, 0.05) is 25.4 Å². The summed E-state index contributed by atoms with van der Waals surface area (Å²) in [7, 11) is 1.83. The molecule has 0 bridgehead atoms. The van der Waals surface area contributed by atoms with Crippen molar-refractivity contribution < 1.29 is 0 Å². The number of aromatic amines is 1. The number of H-pyrrole nitrogens is 1. The maximum absolute atomic E-state index is 12.4. The van der Waals surface area contributed by atoms with Crippen LogP contribution < -0.4 is 5.56 Å². The molecular formula is C15H15ClN4O. The molecule has 2 heterocycles. The second-order valence-corrected chi connectivity index (χ2v) is 5.29. The van der Waals surface area contributed by atoms with Crippen LogP contribution in [0.15, 0.2) is 41.3 Å². The smallest absolute Gasteiger partial charge is 0.290 e. The van der Waals surface area contributed by atoms with Crippen LogP contribution in [-0.4, -0.2) is 19.3 Å². The third-order valence-electron chi connectivity index (χ3n) is 3.44. The molecule has 21 heavy (non-hydrogen) atoms. The molecule has 1 N–H and O–H groups in total. The zero-order chi connectivity index (χ0) is 15.0. The minimum Gasteiger partial charge on any atom is -0.346 e. The van der Waals surface area contributed by atoms with Crippen LogP contribution in [0.25, 0.3) is 5.69 Å². The van der Waals surface area contributed by atoms with E-state index in [0.29, 0.717) is 6.42 Å². The van der Waals surface area contributed by atoms with E-state index in [-0.39, 0.29) is 10.6 Å². The van der Waals surface area contributed by atoms with Crippen molar-refractivity contribution in [2.24, 2.45) is 7.05 Å². The van der Waals surface area contributed by atoms with E-state index >= 15 is 0 Å². The molecule has 0 radical (unpaired) electrons. The average Bonchev–Trinajstić information content (AvgIpc) is 2.98. The summed E-state index contributed by atoms with van der Waals surface area (Å²) in [6, 6.07) is 9.44. The van der Waals surface area contributed by atoms with E-state index < -0.39 is 0 Å². The molecule has 2 aromatic heterocycles. The summed E-state index contributed by atoms with van der Waals surface area (Å²) in [6.45, 7) is 1.89. The Bertz CT molecular complexity index is 829.